The number of carbonyl (C=O) groups excluding carboxylic acids is 2. The Balaban J connectivity index is 1.45. The largest absolute Gasteiger partial charge is 0.497 e. The normalized spacial score (nSPS) is 24.2. The summed E-state index contributed by atoms with van der Waals surface area (Å²) in [7, 11) is 3.17. The van der Waals surface area contributed by atoms with E-state index in [0.717, 1.165) is 11.1 Å². The van der Waals surface area contributed by atoms with E-state index in [4.69, 9.17) is 28.9 Å². The summed E-state index contributed by atoms with van der Waals surface area (Å²) >= 11 is 0. The highest BCUT2D eigenvalue weighted by Gasteiger charge is 2.62. The van der Waals surface area contributed by atoms with Crippen molar-refractivity contribution in [2.75, 3.05) is 20.8 Å². The maximum absolute atomic E-state index is 13.5. The molecule has 1 amide bonds. The van der Waals surface area contributed by atoms with Gasteiger partial charge in [0.15, 0.2) is 5.82 Å². The number of nitrogens with one attached hydrogen (secondary N) is 1. The van der Waals surface area contributed by atoms with Crippen LogP contribution >= 0.6 is 0 Å². The number of carboxylic acid groups (broad SMARTS) is 1. The van der Waals surface area contributed by atoms with E-state index in [1.54, 1.807) is 51.5 Å². The Hall–Kier alpha value is -4.67. The minimum absolute atomic E-state index is 0.0865. The molecule has 2 fully saturated rings. The fourth-order valence-corrected chi connectivity index (χ4v) is 5.85. The van der Waals surface area contributed by atoms with E-state index in [1.807, 2.05) is 19.1 Å². The van der Waals surface area contributed by atoms with Crippen molar-refractivity contribution in [1.29, 1.82) is 0 Å². The third kappa shape index (κ3) is 5.59. The molecule has 0 spiro atoms. The second kappa shape index (κ2) is 11.9. The van der Waals surface area contributed by atoms with Crippen molar-refractivity contribution >= 4 is 28.7 Å². The van der Waals surface area contributed by atoms with Gasteiger partial charge in [0.05, 0.1) is 43.6 Å². The second-order valence-corrected chi connectivity index (χ2v) is 10.9. The number of benzene rings is 2. The predicted octanol–water partition coefficient (Wildman–Crippen LogP) is 4.10. The molecular weight excluding hydrogens is 554 g/mol. The van der Waals surface area contributed by atoms with E-state index >= 15 is 0 Å². The number of carbonyl (C=O) groups is 3. The predicted molar refractivity (Wildman–Crippen MR) is 157 cm³/mol. The summed E-state index contributed by atoms with van der Waals surface area (Å²) in [6, 6.07) is 10.9. The maximum Gasteiger partial charge on any atom is 0.332 e. The van der Waals surface area contributed by atoms with E-state index in [0.29, 0.717) is 34.6 Å². The van der Waals surface area contributed by atoms with Crippen LogP contribution in [0.3, 0.4) is 0 Å². The molecule has 5 unspecified atom stereocenters. The average Bonchev–Trinajstić information content (AvgIpc) is 3.56. The minimum Gasteiger partial charge on any atom is -0.497 e. The summed E-state index contributed by atoms with van der Waals surface area (Å²) in [6.07, 6.45) is 1.54. The monoisotopic (exact) mass is 589 g/mol. The van der Waals surface area contributed by atoms with Gasteiger partial charge in [-0.15, -0.1) is 6.58 Å². The average molecular weight is 590 g/mol. The minimum atomic E-state index is -1.22. The summed E-state index contributed by atoms with van der Waals surface area (Å²) in [4.78, 5) is 48.0. The van der Waals surface area contributed by atoms with Crippen molar-refractivity contribution in [3.05, 3.63) is 54.6 Å². The molecule has 2 aliphatic rings. The van der Waals surface area contributed by atoms with Gasteiger partial charge in [0.1, 0.15) is 23.1 Å². The lowest BCUT2D eigenvalue weighted by Gasteiger charge is -2.21. The van der Waals surface area contributed by atoms with E-state index in [2.05, 4.69) is 11.9 Å². The van der Waals surface area contributed by atoms with Gasteiger partial charge in [-0.3, -0.25) is 9.59 Å². The molecule has 2 N–H and O–H groups in total. The van der Waals surface area contributed by atoms with Gasteiger partial charge in [0.2, 0.25) is 11.8 Å². The molecular formula is C32H35N3O8. The first-order valence-corrected chi connectivity index (χ1v) is 14.2. The zero-order chi connectivity index (χ0) is 30.9. The molecule has 2 aromatic carbocycles. The SMILES string of the molecule is C=CC1CC1(NC(=O)C1CC(Oc2nc(-c3ccc(OC)cc3)nc3c(C)c(OC)ccc23)CC1C(=O)O)C(=O)OCC. The molecule has 11 heteroatoms. The third-order valence-corrected chi connectivity index (χ3v) is 8.34. The molecule has 0 aliphatic heterocycles. The number of aliphatic carboxylic acids is 1. The van der Waals surface area contributed by atoms with Crippen LogP contribution in [0.25, 0.3) is 22.3 Å². The van der Waals surface area contributed by atoms with Gasteiger partial charge >= 0.3 is 11.9 Å². The van der Waals surface area contributed by atoms with Crippen molar-refractivity contribution in [1.82, 2.24) is 15.3 Å². The van der Waals surface area contributed by atoms with Crippen LogP contribution in [0.15, 0.2) is 49.1 Å². The van der Waals surface area contributed by atoms with Crippen LogP contribution in [0, 0.1) is 24.7 Å². The van der Waals surface area contributed by atoms with Gasteiger partial charge in [-0.1, -0.05) is 6.08 Å². The topological polar surface area (TPSA) is 146 Å². The van der Waals surface area contributed by atoms with E-state index < -0.39 is 41.3 Å². The number of nitrogens with zero attached hydrogens (tertiary/aromatic N) is 2. The van der Waals surface area contributed by atoms with Gasteiger partial charge in [0.25, 0.3) is 0 Å². The molecule has 5 rings (SSSR count). The van der Waals surface area contributed by atoms with Gasteiger partial charge in [-0.05, 0) is 69.5 Å². The lowest BCUT2D eigenvalue weighted by Crippen LogP contribution is -2.49. The summed E-state index contributed by atoms with van der Waals surface area (Å²) < 4.78 is 22.4. The van der Waals surface area contributed by atoms with Crippen LogP contribution in [0.2, 0.25) is 0 Å². The van der Waals surface area contributed by atoms with Crippen LogP contribution in [-0.4, -0.2) is 65.4 Å². The van der Waals surface area contributed by atoms with Crippen molar-refractivity contribution in [2.24, 2.45) is 17.8 Å². The number of esters is 1. The number of methoxy groups -OCH3 is 2. The summed E-state index contributed by atoms with van der Waals surface area (Å²) in [5.41, 5.74) is 0.925. The van der Waals surface area contributed by atoms with Crippen molar-refractivity contribution in [2.45, 2.75) is 44.8 Å². The molecule has 11 nitrogen and oxygen atoms in total. The Bertz CT molecular complexity index is 1570. The molecule has 1 heterocycles. The van der Waals surface area contributed by atoms with Crippen LogP contribution < -0.4 is 19.5 Å². The van der Waals surface area contributed by atoms with E-state index in [9.17, 15) is 19.5 Å². The van der Waals surface area contributed by atoms with Crippen LogP contribution in [0.1, 0.15) is 31.7 Å². The molecule has 2 aliphatic carbocycles. The summed E-state index contributed by atoms with van der Waals surface area (Å²) in [5, 5.41) is 13.5. The molecule has 226 valence electrons. The summed E-state index contributed by atoms with van der Waals surface area (Å²) in [6.45, 7) is 7.48. The van der Waals surface area contributed by atoms with Crippen molar-refractivity contribution in [3.63, 3.8) is 0 Å². The Morgan fingerprint density at radius 3 is 2.40 bits per heavy atom. The number of rotatable bonds is 11. The van der Waals surface area contributed by atoms with E-state index in [-0.39, 0.29) is 31.2 Å². The first-order chi connectivity index (χ1) is 20.6. The molecule has 0 saturated heterocycles. The highest BCUT2D eigenvalue weighted by molar-refractivity contribution is 5.94. The standard InChI is InChI=1S/C32H35N3O8/c1-6-19-16-32(19,31(39)42-7-2)35-28(36)23-14-21(15-24(23)30(37)38)43-29-22-12-13-25(41-5)17(3)26(22)33-27(34-29)18-8-10-20(40-4)11-9-18/h6,8-13,19,21,23-24H,1,7,14-16H2,2-5H3,(H,35,36)(H,37,38). The Morgan fingerprint density at radius 2 is 1.79 bits per heavy atom. The Morgan fingerprint density at radius 1 is 1.07 bits per heavy atom. The van der Waals surface area contributed by atoms with Crippen LogP contribution in [0.4, 0.5) is 0 Å². The molecule has 5 atom stereocenters. The van der Waals surface area contributed by atoms with Gasteiger partial charge in [0, 0.05) is 17.0 Å². The lowest BCUT2D eigenvalue weighted by atomic mass is 9.94. The van der Waals surface area contributed by atoms with Crippen molar-refractivity contribution in [3.8, 4) is 28.8 Å². The molecule has 3 aromatic rings. The number of amides is 1. The highest BCUT2D eigenvalue weighted by Crippen LogP contribution is 2.46. The number of aromatic nitrogens is 2. The molecule has 0 bridgehead atoms. The van der Waals surface area contributed by atoms with Gasteiger partial charge in [-0.2, -0.15) is 4.98 Å². The Labute approximate surface area is 249 Å². The first kappa shape index (κ1) is 29.8. The zero-order valence-corrected chi connectivity index (χ0v) is 24.6. The lowest BCUT2D eigenvalue weighted by molar-refractivity contribution is -0.150. The molecule has 43 heavy (non-hydrogen) atoms. The second-order valence-electron chi connectivity index (χ2n) is 10.9. The number of hydrogen-bond acceptors (Lipinski definition) is 9. The number of aryl methyl sites for hydroxylation is 1. The van der Waals surface area contributed by atoms with Gasteiger partial charge in [-0.25, -0.2) is 9.78 Å². The van der Waals surface area contributed by atoms with Crippen molar-refractivity contribution < 1.29 is 38.4 Å². The number of carboxylic acids is 1. The molecule has 1 aromatic heterocycles. The smallest absolute Gasteiger partial charge is 0.332 e. The number of fused-ring (bicyclic) bond motifs is 1. The highest BCUT2D eigenvalue weighted by atomic mass is 16.5. The van der Waals surface area contributed by atoms with Gasteiger partial charge < -0.3 is 29.4 Å². The number of ether oxygens (including phenoxy) is 4. The maximum atomic E-state index is 13.5. The fourth-order valence-electron chi connectivity index (χ4n) is 5.85. The van der Waals surface area contributed by atoms with Crippen LogP contribution in [0.5, 0.6) is 17.4 Å². The Kier molecular flexibility index (Phi) is 8.25. The quantitative estimate of drug-likeness (QED) is 0.248. The zero-order valence-electron chi connectivity index (χ0n) is 24.6. The molecule has 2 saturated carbocycles. The first-order valence-electron chi connectivity index (χ1n) is 14.2. The molecule has 0 radical (unpaired) electrons. The van der Waals surface area contributed by atoms with E-state index in [1.165, 1.54) is 0 Å². The third-order valence-electron chi connectivity index (χ3n) is 8.34. The fraction of sp³-hybridized carbons (Fsp3) is 0.406. The van der Waals surface area contributed by atoms with Crippen LogP contribution in [-0.2, 0) is 19.1 Å². The summed E-state index contributed by atoms with van der Waals surface area (Å²) in [5.74, 6) is -2.39. The number of hydrogen-bond donors (Lipinski definition) is 2.